The summed E-state index contributed by atoms with van der Waals surface area (Å²) in [4.78, 5) is 10.6. The molecule has 0 amide bonds. The van der Waals surface area contributed by atoms with Crippen LogP contribution in [0.15, 0.2) is 61.2 Å². The summed E-state index contributed by atoms with van der Waals surface area (Å²) >= 11 is 0. The van der Waals surface area contributed by atoms with Gasteiger partial charge in [-0.25, -0.2) is 0 Å². The highest BCUT2D eigenvalue weighted by Crippen LogP contribution is 2.22. The van der Waals surface area contributed by atoms with E-state index in [1.54, 1.807) is 0 Å². The molecule has 0 aliphatic carbocycles. The zero-order valence-corrected chi connectivity index (χ0v) is 9.97. The summed E-state index contributed by atoms with van der Waals surface area (Å²) < 4.78 is 0. The maximum atomic E-state index is 10.6. The van der Waals surface area contributed by atoms with Gasteiger partial charge in [-0.1, -0.05) is 61.2 Å². The summed E-state index contributed by atoms with van der Waals surface area (Å²) in [5, 5.41) is 8.72. The van der Waals surface area contributed by atoms with E-state index in [1.807, 2.05) is 54.6 Å². The fourth-order valence-corrected chi connectivity index (χ4v) is 1.81. The monoisotopic (exact) mass is 238 g/mol. The van der Waals surface area contributed by atoms with Gasteiger partial charge in [-0.15, -0.1) is 0 Å². The van der Waals surface area contributed by atoms with E-state index in [0.29, 0.717) is 5.57 Å². The lowest BCUT2D eigenvalue weighted by Crippen LogP contribution is -1.95. The van der Waals surface area contributed by atoms with E-state index in [-0.39, 0.29) is 6.42 Å². The molecule has 0 unspecified atom stereocenters. The quantitative estimate of drug-likeness (QED) is 0.878. The molecule has 0 fully saturated rings. The van der Waals surface area contributed by atoms with Gasteiger partial charge in [0.2, 0.25) is 0 Å². The molecule has 90 valence electrons. The molecular weight excluding hydrogens is 224 g/mol. The Kier molecular flexibility index (Phi) is 3.58. The summed E-state index contributed by atoms with van der Waals surface area (Å²) in [5.74, 6) is -0.855. The smallest absolute Gasteiger partial charge is 0.307 e. The van der Waals surface area contributed by atoms with Gasteiger partial charge in [-0.05, 0) is 22.3 Å². The average molecular weight is 238 g/mol. The van der Waals surface area contributed by atoms with Crippen LogP contribution in [-0.2, 0) is 4.79 Å². The van der Waals surface area contributed by atoms with Crippen molar-refractivity contribution in [1.82, 2.24) is 0 Å². The predicted octanol–water partition coefficient (Wildman–Crippen LogP) is 3.84. The molecule has 0 aliphatic heterocycles. The van der Waals surface area contributed by atoms with Crippen LogP contribution in [0.5, 0.6) is 0 Å². The number of rotatable bonds is 4. The molecule has 2 aromatic carbocycles. The average Bonchev–Trinajstić information content (AvgIpc) is 2.39. The molecule has 2 heteroatoms. The Morgan fingerprint density at radius 2 is 1.50 bits per heavy atom. The lowest BCUT2D eigenvalue weighted by molar-refractivity contribution is -0.135. The zero-order chi connectivity index (χ0) is 13.0. The van der Waals surface area contributed by atoms with Crippen molar-refractivity contribution < 1.29 is 9.90 Å². The maximum Gasteiger partial charge on any atom is 0.307 e. The molecule has 2 aromatic rings. The van der Waals surface area contributed by atoms with Gasteiger partial charge < -0.3 is 5.11 Å². The van der Waals surface area contributed by atoms with Crippen LogP contribution in [0.4, 0.5) is 0 Å². The molecule has 0 aliphatic rings. The third kappa shape index (κ3) is 2.86. The Balaban J connectivity index is 2.20. The molecule has 2 rings (SSSR count). The lowest BCUT2D eigenvalue weighted by atomic mass is 10.00. The van der Waals surface area contributed by atoms with Crippen LogP contribution in [-0.4, -0.2) is 11.1 Å². The van der Waals surface area contributed by atoms with Gasteiger partial charge in [0.1, 0.15) is 0 Å². The Hall–Kier alpha value is -2.35. The second-order valence-electron chi connectivity index (χ2n) is 4.12. The van der Waals surface area contributed by atoms with Crippen molar-refractivity contribution in [2.75, 3.05) is 0 Å². The topological polar surface area (TPSA) is 37.3 Å². The molecule has 0 saturated heterocycles. The van der Waals surface area contributed by atoms with Gasteiger partial charge in [0.15, 0.2) is 0 Å². The van der Waals surface area contributed by atoms with E-state index in [2.05, 4.69) is 6.58 Å². The summed E-state index contributed by atoms with van der Waals surface area (Å²) in [6.45, 7) is 3.79. The van der Waals surface area contributed by atoms with Crippen molar-refractivity contribution >= 4 is 11.5 Å². The fraction of sp³-hybridized carbons (Fsp3) is 0.0625. The number of aliphatic carboxylic acids is 1. The highest BCUT2D eigenvalue weighted by atomic mass is 16.4. The second-order valence-corrected chi connectivity index (χ2v) is 4.12. The maximum absolute atomic E-state index is 10.6. The van der Waals surface area contributed by atoms with Crippen molar-refractivity contribution in [3.8, 4) is 11.1 Å². The van der Waals surface area contributed by atoms with Gasteiger partial charge in [0, 0.05) is 0 Å². The van der Waals surface area contributed by atoms with Gasteiger partial charge in [-0.2, -0.15) is 0 Å². The fourth-order valence-electron chi connectivity index (χ4n) is 1.81. The lowest BCUT2D eigenvalue weighted by Gasteiger charge is -2.05. The predicted molar refractivity (Wildman–Crippen MR) is 73.2 cm³/mol. The number of hydrogen-bond donors (Lipinski definition) is 1. The SMILES string of the molecule is C=C(CC(=O)O)c1ccc(-c2ccccc2)cc1. The van der Waals surface area contributed by atoms with Crippen LogP contribution in [0, 0.1) is 0 Å². The molecule has 0 spiro atoms. The van der Waals surface area contributed by atoms with E-state index in [1.165, 1.54) is 0 Å². The molecule has 18 heavy (non-hydrogen) atoms. The zero-order valence-electron chi connectivity index (χ0n) is 9.97. The summed E-state index contributed by atoms with van der Waals surface area (Å²) in [6.07, 6.45) is -0.0231. The molecule has 0 aromatic heterocycles. The van der Waals surface area contributed by atoms with Gasteiger partial charge >= 0.3 is 5.97 Å². The van der Waals surface area contributed by atoms with Crippen LogP contribution < -0.4 is 0 Å². The number of carboxylic acid groups (broad SMARTS) is 1. The number of hydrogen-bond acceptors (Lipinski definition) is 1. The van der Waals surface area contributed by atoms with Crippen LogP contribution >= 0.6 is 0 Å². The minimum atomic E-state index is -0.855. The van der Waals surface area contributed by atoms with E-state index in [9.17, 15) is 4.79 Å². The van der Waals surface area contributed by atoms with Gasteiger partial charge in [0.25, 0.3) is 0 Å². The third-order valence-corrected chi connectivity index (χ3v) is 2.76. The Bertz CT molecular complexity index is 553. The first kappa shape index (κ1) is 12.1. The Morgan fingerprint density at radius 3 is 2.06 bits per heavy atom. The first-order valence-electron chi connectivity index (χ1n) is 5.72. The first-order valence-corrected chi connectivity index (χ1v) is 5.72. The van der Waals surface area contributed by atoms with Crippen LogP contribution in [0.1, 0.15) is 12.0 Å². The normalized spacial score (nSPS) is 10.0. The molecule has 2 nitrogen and oxygen atoms in total. The Labute approximate surface area is 106 Å². The largest absolute Gasteiger partial charge is 0.481 e. The number of carboxylic acids is 1. The van der Waals surface area contributed by atoms with Crippen LogP contribution in [0.25, 0.3) is 16.7 Å². The minimum Gasteiger partial charge on any atom is -0.481 e. The summed E-state index contributed by atoms with van der Waals surface area (Å²) in [6, 6.07) is 17.8. The molecule has 0 saturated carbocycles. The van der Waals surface area contributed by atoms with Crippen molar-refractivity contribution in [2.45, 2.75) is 6.42 Å². The molecule has 0 atom stereocenters. The highest BCUT2D eigenvalue weighted by molar-refractivity contribution is 5.83. The molecule has 0 bridgehead atoms. The van der Waals surface area contributed by atoms with Crippen LogP contribution in [0.3, 0.4) is 0 Å². The minimum absolute atomic E-state index is 0.0231. The number of carbonyl (C=O) groups is 1. The molecule has 1 N–H and O–H groups in total. The van der Waals surface area contributed by atoms with E-state index in [0.717, 1.165) is 16.7 Å². The van der Waals surface area contributed by atoms with Gasteiger partial charge in [-0.3, -0.25) is 4.79 Å². The first-order chi connectivity index (χ1) is 8.66. The molecule has 0 heterocycles. The van der Waals surface area contributed by atoms with E-state index >= 15 is 0 Å². The Morgan fingerprint density at radius 1 is 0.944 bits per heavy atom. The number of benzene rings is 2. The van der Waals surface area contributed by atoms with Crippen molar-refractivity contribution in [3.63, 3.8) is 0 Å². The molecular formula is C16H14O2. The third-order valence-electron chi connectivity index (χ3n) is 2.76. The van der Waals surface area contributed by atoms with E-state index in [4.69, 9.17) is 5.11 Å². The van der Waals surface area contributed by atoms with Crippen molar-refractivity contribution in [1.29, 1.82) is 0 Å². The summed E-state index contributed by atoms with van der Waals surface area (Å²) in [5.41, 5.74) is 3.76. The van der Waals surface area contributed by atoms with Crippen molar-refractivity contribution in [2.24, 2.45) is 0 Å². The van der Waals surface area contributed by atoms with Crippen LogP contribution in [0.2, 0.25) is 0 Å². The van der Waals surface area contributed by atoms with Gasteiger partial charge in [0.05, 0.1) is 6.42 Å². The summed E-state index contributed by atoms with van der Waals surface area (Å²) in [7, 11) is 0. The standard InChI is InChI=1S/C16H14O2/c1-12(11-16(17)18)13-7-9-15(10-8-13)14-5-3-2-4-6-14/h2-10H,1,11H2,(H,17,18). The molecule has 0 radical (unpaired) electrons. The highest BCUT2D eigenvalue weighted by Gasteiger charge is 2.04. The van der Waals surface area contributed by atoms with E-state index < -0.39 is 5.97 Å². The van der Waals surface area contributed by atoms with Crippen molar-refractivity contribution in [3.05, 3.63) is 66.7 Å². The second kappa shape index (κ2) is 5.32.